The molecule has 0 spiro atoms. The van der Waals surface area contributed by atoms with Gasteiger partial charge in [-0.05, 0) is 42.0 Å². The van der Waals surface area contributed by atoms with Gasteiger partial charge in [-0.15, -0.1) is 0 Å². The zero-order valence-electron chi connectivity index (χ0n) is 19.5. The van der Waals surface area contributed by atoms with Crippen LogP contribution < -0.4 is 10.6 Å². The third-order valence-corrected chi connectivity index (χ3v) is 6.94. The van der Waals surface area contributed by atoms with Gasteiger partial charge in [-0.1, -0.05) is 74.2 Å². The number of nitrogens with one attached hydrogen (secondary N) is 2. The van der Waals surface area contributed by atoms with Crippen LogP contribution in [0.4, 0.5) is 4.79 Å². The topological polar surface area (TPSA) is 105 Å². The molecule has 0 saturated heterocycles. The lowest BCUT2D eigenvalue weighted by Crippen LogP contribution is -2.55. The first-order valence-electron chi connectivity index (χ1n) is 12.1. The van der Waals surface area contributed by atoms with Crippen molar-refractivity contribution in [2.75, 3.05) is 6.61 Å². The molecule has 2 amide bonds. The molecule has 0 heterocycles. The van der Waals surface area contributed by atoms with Crippen LogP contribution in [-0.2, 0) is 14.3 Å². The van der Waals surface area contributed by atoms with Crippen LogP contribution >= 0.6 is 0 Å². The number of alkyl carbamates (subject to hydrolysis) is 1. The van der Waals surface area contributed by atoms with E-state index >= 15 is 0 Å². The molecule has 0 aromatic heterocycles. The lowest BCUT2D eigenvalue weighted by molar-refractivity contribution is -0.148. The van der Waals surface area contributed by atoms with E-state index in [1.807, 2.05) is 24.3 Å². The van der Waals surface area contributed by atoms with Crippen LogP contribution in [0.2, 0.25) is 0 Å². The number of carbonyl (C=O) groups is 3. The van der Waals surface area contributed by atoms with E-state index < -0.39 is 23.6 Å². The van der Waals surface area contributed by atoms with Crippen molar-refractivity contribution < 1.29 is 24.2 Å². The quantitative estimate of drug-likeness (QED) is 0.520. The highest BCUT2D eigenvalue weighted by molar-refractivity contribution is 5.87. The molecule has 2 aromatic carbocycles. The second-order valence-corrected chi connectivity index (χ2v) is 9.42. The first kappa shape index (κ1) is 23.8. The normalized spacial score (nSPS) is 17.6. The zero-order chi connectivity index (χ0) is 24.1. The Kier molecular flexibility index (Phi) is 7.20. The molecule has 0 radical (unpaired) electrons. The van der Waals surface area contributed by atoms with Gasteiger partial charge >= 0.3 is 12.1 Å². The Morgan fingerprint density at radius 1 is 0.971 bits per heavy atom. The molecule has 0 unspecified atom stereocenters. The average molecular weight is 465 g/mol. The number of amides is 2. The summed E-state index contributed by atoms with van der Waals surface area (Å²) in [7, 11) is 0. The molecule has 7 heteroatoms. The maximum absolute atomic E-state index is 12.6. The summed E-state index contributed by atoms with van der Waals surface area (Å²) in [6, 6.07) is 15.7. The molecule has 1 saturated carbocycles. The van der Waals surface area contributed by atoms with Gasteiger partial charge in [0.05, 0.1) is 0 Å². The fourth-order valence-corrected chi connectivity index (χ4v) is 5.21. The van der Waals surface area contributed by atoms with E-state index in [9.17, 15) is 19.5 Å². The number of carboxylic acids is 1. The lowest BCUT2D eigenvalue weighted by Gasteiger charge is -2.30. The molecule has 1 fully saturated rings. The summed E-state index contributed by atoms with van der Waals surface area (Å²) in [5.74, 6) is -1.40. The highest BCUT2D eigenvalue weighted by atomic mass is 16.5. The van der Waals surface area contributed by atoms with Crippen molar-refractivity contribution in [1.82, 2.24) is 10.6 Å². The number of ether oxygens (including phenoxy) is 1. The van der Waals surface area contributed by atoms with Crippen molar-refractivity contribution in [3.63, 3.8) is 0 Å². The molecular formula is C27H32N2O5. The molecule has 34 heavy (non-hydrogen) atoms. The van der Waals surface area contributed by atoms with Crippen molar-refractivity contribution in [1.29, 1.82) is 0 Å². The van der Waals surface area contributed by atoms with Crippen molar-refractivity contribution in [3.05, 3.63) is 59.7 Å². The van der Waals surface area contributed by atoms with Gasteiger partial charge in [0.2, 0.25) is 5.91 Å². The third-order valence-electron chi connectivity index (χ3n) is 6.94. The standard InChI is InChI=1S/C27H32N2O5/c1-18(16-24(30)29-27(25(31)32)14-8-2-3-9-15-27)28-26(33)34-17-23-21-12-6-4-10-19(21)20-11-5-7-13-22(20)23/h4-7,10-13,18,23H,2-3,8-9,14-17H2,1H3,(H,28,33)(H,29,30)(H,31,32)/t18-/m0/s1. The van der Waals surface area contributed by atoms with Crippen LogP contribution in [0.5, 0.6) is 0 Å². The van der Waals surface area contributed by atoms with E-state index in [1.165, 1.54) is 0 Å². The highest BCUT2D eigenvalue weighted by Crippen LogP contribution is 2.44. The Hall–Kier alpha value is -3.35. The SMILES string of the molecule is C[C@@H](CC(=O)NC1(C(=O)O)CCCCCC1)NC(=O)OCC1c2ccccc2-c2ccccc21. The summed E-state index contributed by atoms with van der Waals surface area (Å²) < 4.78 is 5.54. The van der Waals surface area contributed by atoms with Gasteiger partial charge in [-0.3, -0.25) is 4.79 Å². The molecule has 0 aliphatic heterocycles. The zero-order valence-corrected chi connectivity index (χ0v) is 19.5. The fraction of sp³-hybridized carbons (Fsp3) is 0.444. The first-order chi connectivity index (χ1) is 16.4. The van der Waals surface area contributed by atoms with Gasteiger partial charge in [0, 0.05) is 18.4 Å². The Morgan fingerprint density at radius 2 is 1.53 bits per heavy atom. The minimum absolute atomic E-state index is 0.0147. The van der Waals surface area contributed by atoms with Crippen LogP contribution in [0.15, 0.2) is 48.5 Å². The molecule has 2 aliphatic rings. The number of carboxylic acid groups (broad SMARTS) is 1. The monoisotopic (exact) mass is 464 g/mol. The number of carbonyl (C=O) groups excluding carboxylic acids is 2. The molecule has 2 aromatic rings. The van der Waals surface area contributed by atoms with Gasteiger partial charge < -0.3 is 20.5 Å². The van der Waals surface area contributed by atoms with Crippen LogP contribution in [-0.4, -0.2) is 41.3 Å². The average Bonchev–Trinajstić information content (AvgIpc) is 2.93. The Balaban J connectivity index is 1.31. The molecule has 2 aliphatic carbocycles. The van der Waals surface area contributed by atoms with Gasteiger partial charge in [0.25, 0.3) is 0 Å². The minimum Gasteiger partial charge on any atom is -0.480 e. The third kappa shape index (κ3) is 5.08. The van der Waals surface area contributed by atoms with Crippen LogP contribution in [0.3, 0.4) is 0 Å². The number of aliphatic carboxylic acids is 1. The number of hydrogen-bond acceptors (Lipinski definition) is 4. The molecule has 4 rings (SSSR count). The molecule has 3 N–H and O–H groups in total. The van der Waals surface area contributed by atoms with E-state index in [-0.39, 0.29) is 24.9 Å². The predicted molar refractivity (Wildman–Crippen MR) is 128 cm³/mol. The van der Waals surface area contributed by atoms with Gasteiger partial charge in [0.15, 0.2) is 0 Å². The maximum Gasteiger partial charge on any atom is 0.407 e. The highest BCUT2D eigenvalue weighted by Gasteiger charge is 2.40. The van der Waals surface area contributed by atoms with E-state index in [2.05, 4.69) is 34.9 Å². The molecule has 1 atom stereocenters. The number of hydrogen-bond donors (Lipinski definition) is 3. The summed E-state index contributed by atoms with van der Waals surface area (Å²) in [5.41, 5.74) is 3.36. The van der Waals surface area contributed by atoms with Crippen molar-refractivity contribution in [2.45, 2.75) is 69.4 Å². The maximum atomic E-state index is 12.6. The summed E-state index contributed by atoms with van der Waals surface area (Å²) >= 11 is 0. The van der Waals surface area contributed by atoms with Gasteiger partial charge in [-0.25, -0.2) is 9.59 Å². The number of benzene rings is 2. The summed E-state index contributed by atoms with van der Waals surface area (Å²) in [5, 5.41) is 15.2. The smallest absolute Gasteiger partial charge is 0.407 e. The molecule has 180 valence electrons. The van der Waals surface area contributed by atoms with E-state index in [1.54, 1.807) is 6.92 Å². The first-order valence-corrected chi connectivity index (χ1v) is 12.1. The van der Waals surface area contributed by atoms with Gasteiger partial charge in [-0.2, -0.15) is 0 Å². The van der Waals surface area contributed by atoms with E-state index in [0.29, 0.717) is 12.8 Å². The number of rotatable bonds is 7. The summed E-state index contributed by atoms with van der Waals surface area (Å²) in [4.78, 5) is 37.0. The molecule has 0 bridgehead atoms. The lowest BCUT2D eigenvalue weighted by atomic mass is 9.90. The minimum atomic E-state index is -1.21. The fourth-order valence-electron chi connectivity index (χ4n) is 5.21. The van der Waals surface area contributed by atoms with Crippen LogP contribution in [0.25, 0.3) is 11.1 Å². The summed E-state index contributed by atoms with van der Waals surface area (Å²) in [6.07, 6.45) is 3.77. The largest absolute Gasteiger partial charge is 0.480 e. The van der Waals surface area contributed by atoms with Crippen molar-refractivity contribution >= 4 is 18.0 Å². The van der Waals surface area contributed by atoms with Gasteiger partial charge in [0.1, 0.15) is 12.1 Å². The second-order valence-electron chi connectivity index (χ2n) is 9.42. The molecule has 7 nitrogen and oxygen atoms in total. The Labute approximate surface area is 199 Å². The number of fused-ring (bicyclic) bond motifs is 3. The molecular weight excluding hydrogens is 432 g/mol. The van der Waals surface area contributed by atoms with Crippen LogP contribution in [0.1, 0.15) is 68.9 Å². The Bertz CT molecular complexity index is 1010. The summed E-state index contributed by atoms with van der Waals surface area (Å²) in [6.45, 7) is 1.91. The predicted octanol–water partition coefficient (Wildman–Crippen LogP) is 4.60. The second kappa shape index (κ2) is 10.3. The Morgan fingerprint density at radius 3 is 2.09 bits per heavy atom. The van der Waals surface area contributed by atoms with Crippen LogP contribution in [0, 0.1) is 0 Å². The van der Waals surface area contributed by atoms with E-state index in [4.69, 9.17) is 4.74 Å². The van der Waals surface area contributed by atoms with Crippen molar-refractivity contribution in [2.24, 2.45) is 0 Å². The van der Waals surface area contributed by atoms with E-state index in [0.717, 1.165) is 47.9 Å². The van der Waals surface area contributed by atoms with Crippen molar-refractivity contribution in [3.8, 4) is 11.1 Å².